The van der Waals surface area contributed by atoms with Crippen LogP contribution in [0.3, 0.4) is 0 Å². The molecule has 0 aliphatic carbocycles. The molecule has 0 spiro atoms. The number of hydrogen-bond donors (Lipinski definition) is 2. The highest BCUT2D eigenvalue weighted by atomic mass is 32.1. The van der Waals surface area contributed by atoms with E-state index in [0.717, 1.165) is 11.3 Å². The first-order valence-corrected chi connectivity index (χ1v) is 5.69. The van der Waals surface area contributed by atoms with E-state index in [4.69, 9.17) is 12.2 Å². The molecular weight excluding hydrogens is 250 g/mol. The number of pyridine rings is 1. The van der Waals surface area contributed by atoms with Crippen molar-refractivity contribution in [1.82, 2.24) is 24.3 Å². The van der Waals surface area contributed by atoms with Crippen molar-refractivity contribution in [2.24, 2.45) is 0 Å². The molecule has 3 aromatic heterocycles. The second kappa shape index (κ2) is 3.88. The highest BCUT2D eigenvalue weighted by Crippen LogP contribution is 2.18. The van der Waals surface area contributed by atoms with Crippen LogP contribution in [0, 0.1) is 11.7 Å². The summed E-state index contributed by atoms with van der Waals surface area (Å²) in [6.07, 6.45) is 3.32. The minimum Gasteiger partial charge on any atom is -0.316 e. The largest absolute Gasteiger partial charge is 0.335 e. The molecule has 0 fully saturated rings. The SMILES string of the molecule is Cc1nc(-c2ccncc2)n2c(=O)[nH]c(=S)[nH]c12. The first-order valence-electron chi connectivity index (χ1n) is 5.29. The maximum atomic E-state index is 12.0. The van der Waals surface area contributed by atoms with E-state index in [1.807, 2.05) is 6.92 Å². The third-order valence-corrected chi connectivity index (χ3v) is 2.85. The number of nitrogens with one attached hydrogen (secondary N) is 2. The van der Waals surface area contributed by atoms with Gasteiger partial charge in [0.05, 0.1) is 5.69 Å². The molecule has 0 aliphatic heterocycles. The molecule has 3 aromatic rings. The number of nitrogens with zero attached hydrogens (tertiary/aromatic N) is 3. The monoisotopic (exact) mass is 259 g/mol. The molecule has 0 radical (unpaired) electrons. The number of aryl methyl sites for hydroxylation is 1. The summed E-state index contributed by atoms with van der Waals surface area (Å²) in [7, 11) is 0. The Bertz CT molecular complexity index is 830. The van der Waals surface area contributed by atoms with Crippen LogP contribution in [0.25, 0.3) is 17.0 Å². The second-order valence-electron chi connectivity index (χ2n) is 3.83. The molecule has 0 unspecified atom stereocenters. The van der Waals surface area contributed by atoms with E-state index >= 15 is 0 Å². The molecule has 2 N–H and O–H groups in total. The summed E-state index contributed by atoms with van der Waals surface area (Å²) in [6.45, 7) is 1.82. The van der Waals surface area contributed by atoms with Crippen molar-refractivity contribution in [2.45, 2.75) is 6.92 Å². The third-order valence-electron chi connectivity index (χ3n) is 2.65. The number of aromatic amines is 2. The van der Waals surface area contributed by atoms with E-state index in [1.165, 1.54) is 4.40 Å². The van der Waals surface area contributed by atoms with E-state index in [0.29, 0.717) is 11.5 Å². The standard InChI is InChI=1S/C11H9N5OS/c1-6-8-14-10(18)15-11(17)16(8)9(13-6)7-2-4-12-5-3-7/h2-5H,1H3,(H2,14,15,17,18). The number of hydrogen-bond acceptors (Lipinski definition) is 4. The van der Waals surface area contributed by atoms with Crippen molar-refractivity contribution in [3.05, 3.63) is 45.5 Å². The van der Waals surface area contributed by atoms with Crippen LogP contribution >= 0.6 is 12.2 Å². The second-order valence-corrected chi connectivity index (χ2v) is 4.23. The maximum Gasteiger partial charge on any atom is 0.335 e. The molecule has 18 heavy (non-hydrogen) atoms. The lowest BCUT2D eigenvalue weighted by molar-refractivity contribution is 0.940. The molecule has 0 saturated carbocycles. The van der Waals surface area contributed by atoms with E-state index < -0.39 is 0 Å². The highest BCUT2D eigenvalue weighted by Gasteiger charge is 2.12. The Morgan fingerprint density at radius 2 is 2.00 bits per heavy atom. The van der Waals surface area contributed by atoms with Crippen molar-refractivity contribution >= 4 is 17.9 Å². The fourth-order valence-electron chi connectivity index (χ4n) is 1.86. The maximum absolute atomic E-state index is 12.0. The zero-order valence-corrected chi connectivity index (χ0v) is 10.3. The summed E-state index contributed by atoms with van der Waals surface area (Å²) in [4.78, 5) is 25.8. The van der Waals surface area contributed by atoms with E-state index in [2.05, 4.69) is 19.9 Å². The summed E-state index contributed by atoms with van der Waals surface area (Å²) in [5.74, 6) is 0.567. The van der Waals surface area contributed by atoms with Crippen molar-refractivity contribution in [3.63, 3.8) is 0 Å². The third kappa shape index (κ3) is 1.56. The van der Waals surface area contributed by atoms with Gasteiger partial charge in [-0.2, -0.15) is 0 Å². The summed E-state index contributed by atoms with van der Waals surface area (Å²) in [6, 6.07) is 3.60. The molecule has 0 aliphatic rings. The molecule has 0 amide bonds. The van der Waals surface area contributed by atoms with Crippen LogP contribution in [-0.4, -0.2) is 24.3 Å². The van der Waals surface area contributed by atoms with Gasteiger partial charge in [0, 0.05) is 18.0 Å². The summed E-state index contributed by atoms with van der Waals surface area (Å²) >= 11 is 4.95. The van der Waals surface area contributed by atoms with Gasteiger partial charge in [0.2, 0.25) is 0 Å². The van der Waals surface area contributed by atoms with Gasteiger partial charge in [-0.3, -0.25) is 9.97 Å². The molecule has 90 valence electrons. The Morgan fingerprint density at radius 3 is 2.72 bits per heavy atom. The zero-order valence-electron chi connectivity index (χ0n) is 9.47. The molecule has 6 nitrogen and oxygen atoms in total. The van der Waals surface area contributed by atoms with Gasteiger partial charge < -0.3 is 4.98 Å². The molecular formula is C11H9N5OS. The van der Waals surface area contributed by atoms with Crippen LogP contribution in [0.5, 0.6) is 0 Å². The van der Waals surface area contributed by atoms with Gasteiger partial charge in [-0.05, 0) is 31.3 Å². The van der Waals surface area contributed by atoms with Crippen LogP contribution in [0.15, 0.2) is 29.3 Å². The average Bonchev–Trinajstić information content (AvgIpc) is 2.68. The number of imidazole rings is 1. The van der Waals surface area contributed by atoms with Gasteiger partial charge in [0.1, 0.15) is 11.5 Å². The van der Waals surface area contributed by atoms with Crippen LogP contribution in [-0.2, 0) is 0 Å². The van der Waals surface area contributed by atoms with Crippen molar-refractivity contribution in [3.8, 4) is 11.4 Å². The van der Waals surface area contributed by atoms with Crippen molar-refractivity contribution in [1.29, 1.82) is 0 Å². The van der Waals surface area contributed by atoms with Gasteiger partial charge in [-0.15, -0.1) is 0 Å². The Balaban J connectivity index is 2.46. The number of aromatic nitrogens is 5. The Morgan fingerprint density at radius 1 is 1.28 bits per heavy atom. The topological polar surface area (TPSA) is 78.8 Å². The van der Waals surface area contributed by atoms with Crippen LogP contribution < -0.4 is 5.69 Å². The zero-order chi connectivity index (χ0) is 12.7. The molecule has 0 atom stereocenters. The van der Waals surface area contributed by atoms with Crippen molar-refractivity contribution < 1.29 is 0 Å². The lowest BCUT2D eigenvalue weighted by atomic mass is 10.2. The van der Waals surface area contributed by atoms with Crippen LogP contribution in [0.1, 0.15) is 5.69 Å². The minimum atomic E-state index is -0.304. The molecule has 3 heterocycles. The van der Waals surface area contributed by atoms with Gasteiger partial charge in [0.15, 0.2) is 4.77 Å². The van der Waals surface area contributed by atoms with Crippen LogP contribution in [0.4, 0.5) is 0 Å². The summed E-state index contributed by atoms with van der Waals surface area (Å²) in [5.41, 5.74) is 1.85. The van der Waals surface area contributed by atoms with Gasteiger partial charge in [-0.1, -0.05) is 0 Å². The van der Waals surface area contributed by atoms with E-state index in [-0.39, 0.29) is 10.5 Å². The predicted molar refractivity (Wildman–Crippen MR) is 69.0 cm³/mol. The average molecular weight is 259 g/mol. The van der Waals surface area contributed by atoms with Gasteiger partial charge in [0.25, 0.3) is 0 Å². The van der Waals surface area contributed by atoms with E-state index in [1.54, 1.807) is 24.5 Å². The smallest absolute Gasteiger partial charge is 0.316 e. The van der Waals surface area contributed by atoms with Gasteiger partial charge in [-0.25, -0.2) is 14.2 Å². The highest BCUT2D eigenvalue weighted by molar-refractivity contribution is 7.71. The number of H-pyrrole nitrogens is 2. The van der Waals surface area contributed by atoms with Gasteiger partial charge >= 0.3 is 5.69 Å². The normalized spacial score (nSPS) is 10.9. The molecule has 0 aromatic carbocycles. The quantitative estimate of drug-likeness (QED) is 0.648. The Hall–Kier alpha value is -2.28. The first kappa shape index (κ1) is 10.8. The van der Waals surface area contributed by atoms with Crippen molar-refractivity contribution in [2.75, 3.05) is 0 Å². The summed E-state index contributed by atoms with van der Waals surface area (Å²) in [5, 5.41) is 0. The molecule has 0 saturated heterocycles. The Labute approximate surface area is 106 Å². The fraction of sp³-hybridized carbons (Fsp3) is 0.0909. The summed E-state index contributed by atoms with van der Waals surface area (Å²) < 4.78 is 1.76. The number of fused-ring (bicyclic) bond motifs is 1. The fourth-order valence-corrected chi connectivity index (χ4v) is 2.04. The lowest BCUT2D eigenvalue weighted by Gasteiger charge is -1.99. The number of rotatable bonds is 1. The predicted octanol–water partition coefficient (Wildman–Crippen LogP) is 1.45. The van der Waals surface area contributed by atoms with Crippen LogP contribution in [0.2, 0.25) is 0 Å². The molecule has 7 heteroatoms. The van der Waals surface area contributed by atoms with E-state index in [9.17, 15) is 4.79 Å². The minimum absolute atomic E-state index is 0.289. The Kier molecular flexibility index (Phi) is 2.34. The molecule has 0 bridgehead atoms. The lowest BCUT2D eigenvalue weighted by Crippen LogP contribution is -2.18. The molecule has 3 rings (SSSR count). The first-order chi connectivity index (χ1) is 8.66.